The number of nitrogens with zero attached hydrogens (tertiary/aromatic N) is 2. The van der Waals surface area contributed by atoms with Crippen LogP contribution in [0.25, 0.3) is 0 Å². The molecule has 0 saturated carbocycles. The molecule has 2 rings (SSSR count). The van der Waals surface area contributed by atoms with Crippen LogP contribution in [0.15, 0.2) is 30.5 Å². The van der Waals surface area contributed by atoms with Gasteiger partial charge in [0.2, 0.25) is 0 Å². The molecule has 4 nitrogen and oxygen atoms in total. The third-order valence-electron chi connectivity index (χ3n) is 2.47. The van der Waals surface area contributed by atoms with Crippen molar-refractivity contribution in [1.29, 1.82) is 0 Å². The van der Waals surface area contributed by atoms with Crippen LogP contribution in [0.4, 0.5) is 10.8 Å². The van der Waals surface area contributed by atoms with Crippen LogP contribution < -0.4 is 4.90 Å². The van der Waals surface area contributed by atoms with E-state index in [1.54, 1.807) is 0 Å². The van der Waals surface area contributed by atoms with E-state index in [0.717, 1.165) is 11.3 Å². The lowest BCUT2D eigenvalue weighted by Gasteiger charge is -2.17. The fourth-order valence-electron chi connectivity index (χ4n) is 1.56. The van der Waals surface area contributed by atoms with Crippen LogP contribution in [0, 0.1) is 6.92 Å². The molecule has 0 atom stereocenters. The Labute approximate surface area is 103 Å². The maximum atomic E-state index is 10.8. The number of carboxylic acid groups (broad SMARTS) is 1. The Morgan fingerprint density at radius 2 is 2.12 bits per heavy atom. The molecule has 0 bridgehead atoms. The molecule has 0 aliphatic rings. The van der Waals surface area contributed by atoms with E-state index in [4.69, 9.17) is 5.11 Å². The Morgan fingerprint density at radius 1 is 1.41 bits per heavy atom. The van der Waals surface area contributed by atoms with Gasteiger partial charge in [0.05, 0.1) is 6.20 Å². The number of rotatable bonds is 3. The molecule has 0 saturated heterocycles. The van der Waals surface area contributed by atoms with Gasteiger partial charge in [-0.2, -0.15) is 0 Å². The molecule has 0 aliphatic carbocycles. The zero-order valence-electron chi connectivity index (χ0n) is 9.54. The van der Waals surface area contributed by atoms with Gasteiger partial charge in [0.25, 0.3) is 0 Å². The predicted octanol–water partition coefficient (Wildman–Crippen LogP) is 2.92. The highest BCUT2D eigenvalue weighted by Crippen LogP contribution is 2.29. The Kier molecular flexibility index (Phi) is 3.10. The van der Waals surface area contributed by atoms with Crippen LogP contribution >= 0.6 is 11.3 Å². The fraction of sp³-hybridized carbons (Fsp3) is 0.167. The summed E-state index contributed by atoms with van der Waals surface area (Å²) in [5.74, 6) is -0.938. The van der Waals surface area contributed by atoms with Gasteiger partial charge in [-0.25, -0.2) is 9.78 Å². The third-order valence-corrected chi connectivity index (χ3v) is 3.53. The van der Waals surface area contributed by atoms with E-state index in [0.29, 0.717) is 5.13 Å². The largest absolute Gasteiger partial charge is 0.477 e. The minimum absolute atomic E-state index is 0.250. The van der Waals surface area contributed by atoms with Gasteiger partial charge < -0.3 is 10.0 Å². The normalized spacial score (nSPS) is 10.2. The first-order valence-electron chi connectivity index (χ1n) is 5.08. The molecule has 17 heavy (non-hydrogen) atoms. The highest BCUT2D eigenvalue weighted by molar-refractivity contribution is 7.17. The predicted molar refractivity (Wildman–Crippen MR) is 68.3 cm³/mol. The lowest BCUT2D eigenvalue weighted by atomic mass is 10.2. The molecular formula is C12H12N2O2S. The molecule has 1 N–H and O–H groups in total. The lowest BCUT2D eigenvalue weighted by molar-refractivity contribution is 0.0702. The quantitative estimate of drug-likeness (QED) is 0.907. The number of benzene rings is 1. The third kappa shape index (κ3) is 2.29. The zero-order valence-corrected chi connectivity index (χ0v) is 10.4. The molecule has 0 radical (unpaired) electrons. The number of aromatic nitrogens is 1. The summed E-state index contributed by atoms with van der Waals surface area (Å²) in [6, 6.07) is 7.91. The van der Waals surface area contributed by atoms with Crippen LogP contribution in [-0.2, 0) is 0 Å². The number of carboxylic acids is 1. The standard InChI is InChI=1S/C12H12N2O2S/c1-8-5-3-4-6-9(8)14(2)12-13-7-10(17-12)11(15)16/h3-7H,1-2H3,(H,15,16). The van der Waals surface area contributed by atoms with E-state index in [-0.39, 0.29) is 4.88 Å². The Hall–Kier alpha value is -1.88. The first-order chi connectivity index (χ1) is 8.09. The molecule has 0 aliphatic heterocycles. The summed E-state index contributed by atoms with van der Waals surface area (Å²) in [6.07, 6.45) is 1.39. The molecule has 88 valence electrons. The number of aromatic carboxylic acids is 1. The van der Waals surface area contributed by atoms with Crippen LogP contribution in [-0.4, -0.2) is 23.1 Å². The second kappa shape index (κ2) is 4.55. The van der Waals surface area contributed by atoms with Gasteiger partial charge in [0.15, 0.2) is 5.13 Å². The number of carbonyl (C=O) groups is 1. The van der Waals surface area contributed by atoms with E-state index in [1.807, 2.05) is 43.1 Å². The molecule has 0 spiro atoms. The van der Waals surface area contributed by atoms with E-state index in [2.05, 4.69) is 4.98 Å². The van der Waals surface area contributed by atoms with Gasteiger partial charge in [-0.05, 0) is 18.6 Å². The lowest BCUT2D eigenvalue weighted by Crippen LogP contribution is -2.10. The molecule has 0 unspecified atom stereocenters. The summed E-state index contributed by atoms with van der Waals surface area (Å²) in [7, 11) is 1.88. The highest BCUT2D eigenvalue weighted by Gasteiger charge is 2.13. The van der Waals surface area contributed by atoms with Gasteiger partial charge in [0, 0.05) is 12.7 Å². The Balaban J connectivity index is 2.34. The van der Waals surface area contributed by atoms with Gasteiger partial charge in [-0.15, -0.1) is 0 Å². The van der Waals surface area contributed by atoms with Crippen molar-refractivity contribution >= 4 is 28.1 Å². The van der Waals surface area contributed by atoms with E-state index in [9.17, 15) is 4.79 Å². The molecular weight excluding hydrogens is 236 g/mol. The number of aryl methyl sites for hydroxylation is 1. The smallest absolute Gasteiger partial charge is 0.347 e. The summed E-state index contributed by atoms with van der Waals surface area (Å²) in [6.45, 7) is 2.01. The maximum absolute atomic E-state index is 10.8. The molecule has 1 aromatic heterocycles. The SMILES string of the molecule is Cc1ccccc1N(C)c1ncc(C(=O)O)s1. The topological polar surface area (TPSA) is 53.4 Å². The summed E-state index contributed by atoms with van der Waals surface area (Å²) in [5, 5.41) is 9.53. The average molecular weight is 248 g/mol. The Morgan fingerprint density at radius 3 is 2.71 bits per heavy atom. The van der Waals surface area contributed by atoms with E-state index in [1.165, 1.54) is 17.5 Å². The molecule has 0 fully saturated rings. The average Bonchev–Trinajstić information content (AvgIpc) is 2.78. The van der Waals surface area contributed by atoms with Crippen molar-refractivity contribution in [2.45, 2.75) is 6.92 Å². The van der Waals surface area contributed by atoms with Crippen molar-refractivity contribution in [1.82, 2.24) is 4.98 Å². The van der Waals surface area contributed by atoms with Gasteiger partial charge >= 0.3 is 5.97 Å². The number of para-hydroxylation sites is 1. The van der Waals surface area contributed by atoms with Crippen molar-refractivity contribution in [3.8, 4) is 0 Å². The van der Waals surface area contributed by atoms with Crippen LogP contribution in [0.5, 0.6) is 0 Å². The number of anilines is 2. The minimum atomic E-state index is -0.938. The van der Waals surface area contributed by atoms with Crippen molar-refractivity contribution < 1.29 is 9.90 Å². The second-order valence-electron chi connectivity index (χ2n) is 3.66. The number of hydrogen-bond donors (Lipinski definition) is 1. The van der Waals surface area contributed by atoms with E-state index < -0.39 is 5.97 Å². The number of hydrogen-bond acceptors (Lipinski definition) is 4. The summed E-state index contributed by atoms with van der Waals surface area (Å²) < 4.78 is 0. The van der Waals surface area contributed by atoms with Crippen molar-refractivity contribution in [3.05, 3.63) is 40.9 Å². The van der Waals surface area contributed by atoms with Crippen LogP contribution in [0.1, 0.15) is 15.2 Å². The maximum Gasteiger partial charge on any atom is 0.347 e. The summed E-state index contributed by atoms with van der Waals surface area (Å²) >= 11 is 1.17. The van der Waals surface area contributed by atoms with Crippen LogP contribution in [0.3, 0.4) is 0 Å². The molecule has 1 heterocycles. The summed E-state index contributed by atoms with van der Waals surface area (Å²) in [5.41, 5.74) is 2.15. The molecule has 0 amide bonds. The van der Waals surface area contributed by atoms with Crippen molar-refractivity contribution in [2.75, 3.05) is 11.9 Å². The van der Waals surface area contributed by atoms with Crippen molar-refractivity contribution in [2.24, 2.45) is 0 Å². The van der Waals surface area contributed by atoms with E-state index >= 15 is 0 Å². The monoisotopic (exact) mass is 248 g/mol. The highest BCUT2D eigenvalue weighted by atomic mass is 32.1. The van der Waals surface area contributed by atoms with Gasteiger partial charge in [-0.3, -0.25) is 0 Å². The second-order valence-corrected chi connectivity index (χ2v) is 4.67. The Bertz CT molecular complexity index is 551. The van der Waals surface area contributed by atoms with Gasteiger partial charge in [-0.1, -0.05) is 29.5 Å². The first-order valence-corrected chi connectivity index (χ1v) is 5.89. The zero-order chi connectivity index (χ0) is 12.4. The summed E-state index contributed by atoms with van der Waals surface area (Å²) in [4.78, 5) is 17.1. The number of thiazole rings is 1. The molecule has 1 aromatic carbocycles. The van der Waals surface area contributed by atoms with Gasteiger partial charge in [0.1, 0.15) is 4.88 Å². The first kappa shape index (κ1) is 11.6. The van der Waals surface area contributed by atoms with Crippen molar-refractivity contribution in [3.63, 3.8) is 0 Å². The molecule has 2 aromatic rings. The van der Waals surface area contributed by atoms with Crippen LogP contribution in [0.2, 0.25) is 0 Å². The fourth-order valence-corrected chi connectivity index (χ4v) is 2.29. The minimum Gasteiger partial charge on any atom is -0.477 e. The molecule has 5 heteroatoms.